The molecule has 0 N–H and O–H groups in total. The van der Waals surface area contributed by atoms with Crippen LogP contribution in [-0.4, -0.2) is 35.7 Å². The van der Waals surface area contributed by atoms with Crippen molar-refractivity contribution in [3.05, 3.63) is 88.1 Å². The Balaban J connectivity index is 2.72. The molecule has 0 aliphatic rings. The van der Waals surface area contributed by atoms with Crippen LogP contribution >= 0.6 is 0 Å². The highest BCUT2D eigenvalue weighted by Crippen LogP contribution is 2.44. The first-order valence-corrected chi connectivity index (χ1v) is 14.4. The standard InChI is InChI=1S/C31H39FO7S/c1-10-13-22-17-29(37-8)27(31(33)38-9)18-26(22)21(6)20(5)25-14-15-28(36-7)30(24(25)12-3)39-40(34,35)23(11-2)16-19(4)32/h11,14-18,20-21H,2,4,10,12-13H2,1,3,5-9H3/b23-16+. The van der Waals surface area contributed by atoms with Crippen molar-refractivity contribution < 1.29 is 36.0 Å². The second-order valence-corrected chi connectivity index (χ2v) is 10.9. The van der Waals surface area contributed by atoms with Gasteiger partial charge in [0.1, 0.15) is 22.0 Å². The zero-order chi connectivity index (χ0) is 30.2. The molecule has 218 valence electrons. The molecule has 2 aromatic carbocycles. The van der Waals surface area contributed by atoms with E-state index in [1.165, 1.54) is 21.3 Å². The summed E-state index contributed by atoms with van der Waals surface area (Å²) in [4.78, 5) is 12.1. The molecular weight excluding hydrogens is 535 g/mol. The Morgan fingerprint density at radius 1 is 1.02 bits per heavy atom. The first kappa shape index (κ1) is 32.6. The fraction of sp³-hybridized carbons (Fsp3) is 0.387. The average Bonchev–Trinajstić information content (AvgIpc) is 2.93. The van der Waals surface area contributed by atoms with Crippen molar-refractivity contribution in [3.63, 3.8) is 0 Å². The van der Waals surface area contributed by atoms with Crippen molar-refractivity contribution in [2.75, 3.05) is 21.3 Å². The minimum absolute atomic E-state index is 0.0255. The minimum atomic E-state index is -4.44. The van der Waals surface area contributed by atoms with Crippen molar-refractivity contribution in [3.8, 4) is 17.2 Å². The number of carbonyl (C=O) groups excluding carboxylic acids is 1. The van der Waals surface area contributed by atoms with Gasteiger partial charge < -0.3 is 18.4 Å². The fourth-order valence-electron chi connectivity index (χ4n) is 4.74. The van der Waals surface area contributed by atoms with Crippen LogP contribution in [0.2, 0.25) is 0 Å². The zero-order valence-corrected chi connectivity index (χ0v) is 25.1. The van der Waals surface area contributed by atoms with E-state index in [-0.39, 0.29) is 23.3 Å². The Morgan fingerprint density at radius 2 is 1.65 bits per heavy atom. The van der Waals surface area contributed by atoms with Crippen molar-refractivity contribution in [2.45, 2.75) is 58.8 Å². The van der Waals surface area contributed by atoms with Gasteiger partial charge in [-0.05, 0) is 71.7 Å². The Kier molecular flexibility index (Phi) is 11.5. The van der Waals surface area contributed by atoms with Crippen LogP contribution in [0.15, 0.2) is 60.3 Å². The molecule has 0 aliphatic heterocycles. The van der Waals surface area contributed by atoms with Crippen molar-refractivity contribution in [1.29, 1.82) is 0 Å². The maximum atomic E-state index is 13.5. The summed E-state index contributed by atoms with van der Waals surface area (Å²) in [5.41, 5.74) is 3.81. The maximum Gasteiger partial charge on any atom is 0.341 e. The molecule has 7 nitrogen and oxygen atoms in total. The van der Waals surface area contributed by atoms with Crippen LogP contribution in [-0.2, 0) is 27.7 Å². The van der Waals surface area contributed by atoms with Gasteiger partial charge in [-0.15, -0.1) is 0 Å². The fourth-order valence-corrected chi connectivity index (χ4v) is 5.71. The molecule has 0 fully saturated rings. The summed E-state index contributed by atoms with van der Waals surface area (Å²) in [6.07, 6.45) is 3.82. The molecule has 0 heterocycles. The first-order chi connectivity index (χ1) is 18.9. The molecule has 0 radical (unpaired) electrons. The zero-order valence-electron chi connectivity index (χ0n) is 24.3. The molecule has 0 saturated carbocycles. The Morgan fingerprint density at radius 3 is 2.15 bits per heavy atom. The summed E-state index contributed by atoms with van der Waals surface area (Å²) in [7, 11) is -0.193. The number of hydrogen-bond donors (Lipinski definition) is 0. The SMILES string of the molecule is C=C/C(=C\C(=C)F)S(=O)(=O)Oc1c(OC)ccc(C(C)C(C)c2cc(C(=O)OC)c(OC)cc2CCC)c1CC. The molecule has 40 heavy (non-hydrogen) atoms. The number of carbonyl (C=O) groups is 1. The number of rotatable bonds is 14. The second-order valence-electron chi connectivity index (χ2n) is 9.32. The number of hydrogen-bond acceptors (Lipinski definition) is 7. The average molecular weight is 575 g/mol. The van der Waals surface area contributed by atoms with Crippen LogP contribution in [0, 0.1) is 0 Å². The van der Waals surface area contributed by atoms with E-state index in [2.05, 4.69) is 27.0 Å². The monoisotopic (exact) mass is 574 g/mol. The summed E-state index contributed by atoms with van der Waals surface area (Å²) in [6.45, 7) is 14.6. The summed E-state index contributed by atoms with van der Waals surface area (Å²) in [5, 5.41) is 0. The van der Waals surface area contributed by atoms with E-state index in [0.717, 1.165) is 41.7 Å². The van der Waals surface area contributed by atoms with Crippen LogP contribution < -0.4 is 13.7 Å². The number of halogens is 1. The Labute approximate surface area is 237 Å². The molecule has 9 heteroatoms. The molecule has 2 unspecified atom stereocenters. The third kappa shape index (κ3) is 7.13. The van der Waals surface area contributed by atoms with E-state index in [4.69, 9.17) is 18.4 Å². The number of allylic oxidation sites excluding steroid dienone is 3. The smallest absolute Gasteiger partial charge is 0.341 e. The summed E-state index contributed by atoms with van der Waals surface area (Å²) in [6, 6.07) is 7.23. The Hall–Kier alpha value is -3.59. The minimum Gasteiger partial charge on any atom is -0.496 e. The van der Waals surface area contributed by atoms with E-state index in [0.29, 0.717) is 23.3 Å². The highest BCUT2D eigenvalue weighted by Gasteiger charge is 2.29. The van der Waals surface area contributed by atoms with E-state index in [1.54, 1.807) is 6.07 Å². The number of benzene rings is 2. The van der Waals surface area contributed by atoms with Crippen LogP contribution in [0.5, 0.6) is 17.2 Å². The number of esters is 1. The van der Waals surface area contributed by atoms with Crippen LogP contribution in [0.4, 0.5) is 4.39 Å². The lowest BCUT2D eigenvalue weighted by atomic mass is 9.78. The quantitative estimate of drug-likeness (QED) is 0.134. The van der Waals surface area contributed by atoms with Gasteiger partial charge in [0.25, 0.3) is 0 Å². The summed E-state index contributed by atoms with van der Waals surface area (Å²) >= 11 is 0. The lowest BCUT2D eigenvalue weighted by Gasteiger charge is -2.27. The molecule has 0 bridgehead atoms. The third-order valence-corrected chi connectivity index (χ3v) is 8.18. The van der Waals surface area contributed by atoms with Gasteiger partial charge in [-0.1, -0.05) is 53.3 Å². The first-order valence-electron chi connectivity index (χ1n) is 13.0. The van der Waals surface area contributed by atoms with Gasteiger partial charge in [-0.25, -0.2) is 9.18 Å². The number of ether oxygens (including phenoxy) is 3. The number of methoxy groups -OCH3 is 3. The molecule has 0 spiro atoms. The van der Waals surface area contributed by atoms with Gasteiger partial charge in [0.15, 0.2) is 11.5 Å². The molecule has 0 amide bonds. The molecular formula is C31H39FO7S. The molecule has 0 aliphatic carbocycles. The van der Waals surface area contributed by atoms with Gasteiger partial charge in [0, 0.05) is 5.56 Å². The molecule has 2 atom stereocenters. The topological polar surface area (TPSA) is 88.1 Å². The maximum absolute atomic E-state index is 13.5. The lowest BCUT2D eigenvalue weighted by Crippen LogP contribution is -2.16. The van der Waals surface area contributed by atoms with Crippen LogP contribution in [0.1, 0.15) is 78.6 Å². The Bertz CT molecular complexity index is 1390. The predicted octanol–water partition coefficient (Wildman–Crippen LogP) is 7.17. The normalized spacial score (nSPS) is 13.2. The van der Waals surface area contributed by atoms with Gasteiger partial charge in [0.05, 0.1) is 21.3 Å². The van der Waals surface area contributed by atoms with E-state index in [1.807, 2.05) is 32.0 Å². The predicted molar refractivity (Wildman–Crippen MR) is 156 cm³/mol. The number of aryl methyl sites for hydroxylation is 1. The molecule has 2 rings (SSSR count). The van der Waals surface area contributed by atoms with Crippen LogP contribution in [0.25, 0.3) is 0 Å². The largest absolute Gasteiger partial charge is 0.496 e. The van der Waals surface area contributed by atoms with Crippen molar-refractivity contribution in [2.24, 2.45) is 0 Å². The third-order valence-electron chi connectivity index (χ3n) is 6.93. The molecule has 0 saturated heterocycles. The molecule has 2 aromatic rings. The highest BCUT2D eigenvalue weighted by molar-refractivity contribution is 7.91. The van der Waals surface area contributed by atoms with Gasteiger partial charge in [-0.3, -0.25) is 0 Å². The second kappa shape index (κ2) is 14.2. The summed E-state index contributed by atoms with van der Waals surface area (Å²) < 4.78 is 61.1. The van der Waals surface area contributed by atoms with E-state index in [9.17, 15) is 17.6 Å². The van der Waals surface area contributed by atoms with Crippen molar-refractivity contribution in [1.82, 2.24) is 0 Å². The molecule has 0 aromatic heterocycles. The van der Waals surface area contributed by atoms with Crippen molar-refractivity contribution >= 4 is 16.1 Å². The van der Waals surface area contributed by atoms with E-state index >= 15 is 0 Å². The van der Waals surface area contributed by atoms with Gasteiger partial charge >= 0.3 is 16.1 Å². The van der Waals surface area contributed by atoms with Gasteiger partial charge in [-0.2, -0.15) is 8.42 Å². The lowest BCUT2D eigenvalue weighted by molar-refractivity contribution is 0.0597. The highest BCUT2D eigenvalue weighted by atomic mass is 32.2. The van der Waals surface area contributed by atoms with Gasteiger partial charge in [0.2, 0.25) is 0 Å². The van der Waals surface area contributed by atoms with Crippen LogP contribution in [0.3, 0.4) is 0 Å². The van der Waals surface area contributed by atoms with E-state index < -0.39 is 26.8 Å². The summed E-state index contributed by atoms with van der Waals surface area (Å²) in [5.74, 6) is -0.996.